The Kier molecular flexibility index (Phi) is 6.56. The molecule has 1 saturated heterocycles. The maximum absolute atomic E-state index is 13.1. The van der Waals surface area contributed by atoms with E-state index in [4.69, 9.17) is 16.3 Å². The van der Waals surface area contributed by atoms with E-state index in [1.165, 1.54) is 12.1 Å². The molecule has 34 heavy (non-hydrogen) atoms. The van der Waals surface area contributed by atoms with E-state index in [9.17, 15) is 19.2 Å². The van der Waals surface area contributed by atoms with Crippen LogP contribution in [0.1, 0.15) is 28.4 Å². The first-order valence-electron chi connectivity index (χ1n) is 10.4. The normalized spacial score (nSPS) is 14.8. The van der Waals surface area contributed by atoms with Gasteiger partial charge in [0.15, 0.2) is 0 Å². The summed E-state index contributed by atoms with van der Waals surface area (Å²) in [6, 6.07) is 18.7. The van der Waals surface area contributed by atoms with Gasteiger partial charge in [0.2, 0.25) is 0 Å². The average molecular weight is 475 g/mol. The molecule has 170 valence electrons. The van der Waals surface area contributed by atoms with Gasteiger partial charge < -0.3 is 4.74 Å². The number of halogens is 1. The number of urea groups is 1. The van der Waals surface area contributed by atoms with Crippen LogP contribution >= 0.6 is 11.6 Å². The van der Waals surface area contributed by atoms with Crippen LogP contribution in [-0.4, -0.2) is 23.8 Å². The predicted octanol–water partition coefficient (Wildman–Crippen LogP) is 4.79. The molecule has 0 aliphatic carbocycles. The van der Waals surface area contributed by atoms with E-state index >= 15 is 0 Å². The van der Waals surface area contributed by atoms with Crippen LogP contribution < -0.4 is 15.0 Å². The fourth-order valence-electron chi connectivity index (χ4n) is 3.36. The SMILES string of the molecule is CCc1ccc(N2C(=O)NC(=O)/C(=C/c3cccc(OC(=O)c4ccc(Cl)cc4)c3)C2=O)cc1. The Balaban J connectivity index is 1.59. The number of benzene rings is 3. The predicted molar refractivity (Wildman–Crippen MR) is 128 cm³/mol. The highest BCUT2D eigenvalue weighted by atomic mass is 35.5. The number of anilines is 1. The van der Waals surface area contributed by atoms with Crippen LogP contribution in [0.3, 0.4) is 0 Å². The molecule has 0 unspecified atom stereocenters. The summed E-state index contributed by atoms with van der Waals surface area (Å²) in [7, 11) is 0. The quantitative estimate of drug-likeness (QED) is 0.248. The molecule has 7 nitrogen and oxygen atoms in total. The largest absolute Gasteiger partial charge is 0.423 e. The lowest BCUT2D eigenvalue weighted by atomic mass is 10.1. The van der Waals surface area contributed by atoms with Crippen molar-refractivity contribution in [2.24, 2.45) is 0 Å². The third-order valence-electron chi connectivity index (χ3n) is 5.16. The molecule has 0 bridgehead atoms. The number of barbiturate groups is 1. The van der Waals surface area contributed by atoms with E-state index in [-0.39, 0.29) is 11.3 Å². The minimum Gasteiger partial charge on any atom is -0.423 e. The third kappa shape index (κ3) is 4.89. The summed E-state index contributed by atoms with van der Waals surface area (Å²) in [6.07, 6.45) is 2.15. The molecule has 1 fully saturated rings. The van der Waals surface area contributed by atoms with Crippen LogP contribution in [0.2, 0.25) is 5.02 Å². The second-order valence-corrected chi connectivity index (χ2v) is 7.88. The molecule has 0 radical (unpaired) electrons. The van der Waals surface area contributed by atoms with Crippen molar-refractivity contribution in [3.05, 3.63) is 100 Å². The van der Waals surface area contributed by atoms with Crippen LogP contribution in [0.5, 0.6) is 5.75 Å². The lowest BCUT2D eigenvalue weighted by Gasteiger charge is -2.26. The van der Waals surface area contributed by atoms with Crippen LogP contribution in [-0.2, 0) is 16.0 Å². The van der Waals surface area contributed by atoms with E-state index in [2.05, 4.69) is 5.32 Å². The number of carbonyl (C=O) groups is 4. The summed E-state index contributed by atoms with van der Waals surface area (Å²) in [4.78, 5) is 51.2. The van der Waals surface area contributed by atoms with Crippen molar-refractivity contribution in [2.45, 2.75) is 13.3 Å². The first-order valence-corrected chi connectivity index (χ1v) is 10.8. The number of nitrogens with one attached hydrogen (secondary N) is 1. The van der Waals surface area contributed by atoms with E-state index in [0.29, 0.717) is 21.8 Å². The Bertz CT molecular complexity index is 1310. The summed E-state index contributed by atoms with van der Waals surface area (Å²) in [5, 5.41) is 2.69. The summed E-state index contributed by atoms with van der Waals surface area (Å²) in [6.45, 7) is 1.99. The molecule has 0 spiro atoms. The van der Waals surface area contributed by atoms with Crippen LogP contribution in [0, 0.1) is 0 Å². The minimum atomic E-state index is -0.818. The summed E-state index contributed by atoms with van der Waals surface area (Å²) in [5.41, 5.74) is 1.93. The number of rotatable bonds is 5. The van der Waals surface area contributed by atoms with Crippen molar-refractivity contribution in [3.63, 3.8) is 0 Å². The molecule has 4 amide bonds. The van der Waals surface area contributed by atoms with E-state index < -0.39 is 23.8 Å². The van der Waals surface area contributed by atoms with Gasteiger partial charge in [-0.1, -0.05) is 42.8 Å². The number of aryl methyl sites for hydroxylation is 1. The van der Waals surface area contributed by atoms with Gasteiger partial charge in [-0.15, -0.1) is 0 Å². The van der Waals surface area contributed by atoms with Gasteiger partial charge in [-0.05, 0) is 72.2 Å². The van der Waals surface area contributed by atoms with Crippen LogP contribution in [0.25, 0.3) is 6.08 Å². The van der Waals surface area contributed by atoms with E-state index in [1.807, 2.05) is 19.1 Å². The molecule has 1 N–H and O–H groups in total. The summed E-state index contributed by atoms with van der Waals surface area (Å²) < 4.78 is 5.39. The van der Waals surface area contributed by atoms with Crippen molar-refractivity contribution in [1.82, 2.24) is 5.32 Å². The number of hydrogen-bond acceptors (Lipinski definition) is 5. The molecule has 1 aliphatic heterocycles. The lowest BCUT2D eigenvalue weighted by Crippen LogP contribution is -2.54. The first kappa shape index (κ1) is 22.9. The Morgan fingerprint density at radius 1 is 1.00 bits per heavy atom. The second kappa shape index (κ2) is 9.72. The Morgan fingerprint density at radius 3 is 2.38 bits per heavy atom. The summed E-state index contributed by atoms with van der Waals surface area (Å²) in [5.74, 6) is -1.91. The highest BCUT2D eigenvalue weighted by Gasteiger charge is 2.36. The molecule has 0 aromatic heterocycles. The minimum absolute atomic E-state index is 0.222. The number of amides is 4. The van der Waals surface area contributed by atoms with Crippen molar-refractivity contribution >= 4 is 47.2 Å². The van der Waals surface area contributed by atoms with Crippen molar-refractivity contribution < 1.29 is 23.9 Å². The standard InChI is InChI=1S/C26H19ClN2O5/c1-2-16-6-12-20(13-7-16)29-24(31)22(23(30)28-26(29)33)15-17-4-3-5-21(14-17)34-25(32)18-8-10-19(27)11-9-18/h3-15H,2H2,1H3,(H,28,30,33)/b22-15-. The Morgan fingerprint density at radius 2 is 1.71 bits per heavy atom. The van der Waals surface area contributed by atoms with Gasteiger partial charge in [0, 0.05) is 5.02 Å². The molecule has 4 rings (SSSR count). The molecule has 3 aromatic rings. The van der Waals surface area contributed by atoms with Gasteiger partial charge in [0.25, 0.3) is 11.8 Å². The van der Waals surface area contributed by atoms with Crippen LogP contribution in [0.4, 0.5) is 10.5 Å². The Labute approximate surface area is 200 Å². The maximum atomic E-state index is 13.1. The summed E-state index contributed by atoms with van der Waals surface area (Å²) >= 11 is 5.84. The van der Waals surface area contributed by atoms with Crippen molar-refractivity contribution in [2.75, 3.05) is 4.90 Å². The van der Waals surface area contributed by atoms with Gasteiger partial charge in [0.1, 0.15) is 11.3 Å². The number of nitrogens with zero attached hydrogens (tertiary/aromatic N) is 1. The number of carbonyl (C=O) groups excluding carboxylic acids is 4. The number of imide groups is 2. The third-order valence-corrected chi connectivity index (χ3v) is 5.42. The zero-order valence-electron chi connectivity index (χ0n) is 18.1. The van der Waals surface area contributed by atoms with Gasteiger partial charge in [-0.25, -0.2) is 14.5 Å². The van der Waals surface area contributed by atoms with E-state index in [0.717, 1.165) is 16.9 Å². The van der Waals surface area contributed by atoms with Gasteiger partial charge >= 0.3 is 12.0 Å². The number of ether oxygens (including phenoxy) is 1. The molecule has 0 atom stereocenters. The maximum Gasteiger partial charge on any atom is 0.343 e. The molecular formula is C26H19ClN2O5. The monoisotopic (exact) mass is 474 g/mol. The topological polar surface area (TPSA) is 92.8 Å². The molecular weight excluding hydrogens is 456 g/mol. The molecule has 1 heterocycles. The zero-order valence-corrected chi connectivity index (χ0v) is 18.8. The highest BCUT2D eigenvalue weighted by Crippen LogP contribution is 2.24. The number of esters is 1. The lowest BCUT2D eigenvalue weighted by molar-refractivity contribution is -0.122. The average Bonchev–Trinajstić information content (AvgIpc) is 2.83. The van der Waals surface area contributed by atoms with Crippen molar-refractivity contribution in [3.8, 4) is 5.75 Å². The first-order chi connectivity index (χ1) is 16.4. The molecule has 0 saturated carbocycles. The van der Waals surface area contributed by atoms with Crippen LogP contribution in [0.15, 0.2) is 78.4 Å². The van der Waals surface area contributed by atoms with Gasteiger partial charge in [-0.3, -0.25) is 14.9 Å². The van der Waals surface area contributed by atoms with Gasteiger partial charge in [-0.2, -0.15) is 0 Å². The second-order valence-electron chi connectivity index (χ2n) is 7.45. The van der Waals surface area contributed by atoms with Gasteiger partial charge in [0.05, 0.1) is 11.3 Å². The van der Waals surface area contributed by atoms with Crippen molar-refractivity contribution in [1.29, 1.82) is 0 Å². The molecule has 1 aliphatic rings. The molecule has 3 aromatic carbocycles. The fraction of sp³-hybridized carbons (Fsp3) is 0.0769. The zero-order chi connectivity index (χ0) is 24.2. The number of hydrogen-bond donors (Lipinski definition) is 1. The Hall–Kier alpha value is -4.23. The fourth-order valence-corrected chi connectivity index (χ4v) is 3.49. The smallest absolute Gasteiger partial charge is 0.343 e. The van der Waals surface area contributed by atoms with E-state index in [1.54, 1.807) is 54.6 Å². The molecule has 8 heteroatoms. The highest BCUT2D eigenvalue weighted by molar-refractivity contribution is 6.39.